The average Bonchev–Trinajstić information content (AvgIpc) is 2.73. The van der Waals surface area contributed by atoms with E-state index >= 15 is 0 Å². The number of nitrogens with zero attached hydrogens (tertiary/aromatic N) is 4. The van der Waals surface area contributed by atoms with Crippen molar-refractivity contribution in [3.63, 3.8) is 0 Å². The van der Waals surface area contributed by atoms with E-state index in [0.29, 0.717) is 6.61 Å². The van der Waals surface area contributed by atoms with E-state index in [1.807, 2.05) is 0 Å². The number of esters is 1. The molecule has 0 unspecified atom stereocenters. The fourth-order valence-electron chi connectivity index (χ4n) is 4.54. The summed E-state index contributed by atoms with van der Waals surface area (Å²) in [5.74, 6) is 0.0995. The smallest absolute Gasteiger partial charge is 0.309 e. The van der Waals surface area contributed by atoms with Crippen LogP contribution in [0.3, 0.4) is 0 Å². The van der Waals surface area contributed by atoms with Gasteiger partial charge in [-0.2, -0.15) is 0 Å². The molecule has 7 nitrogen and oxygen atoms in total. The number of hydrogen-bond acceptors (Lipinski definition) is 7. The van der Waals surface area contributed by atoms with Crippen LogP contribution in [0.1, 0.15) is 33.6 Å². The maximum atomic E-state index is 12.4. The lowest BCUT2D eigenvalue weighted by atomic mass is 9.97. The normalized spacial score (nSPS) is 24.7. The first-order valence-electron chi connectivity index (χ1n) is 11.6. The van der Waals surface area contributed by atoms with Gasteiger partial charge in [0.2, 0.25) is 0 Å². The molecule has 0 amide bonds. The van der Waals surface area contributed by atoms with E-state index in [1.54, 1.807) is 0 Å². The van der Waals surface area contributed by atoms with E-state index in [9.17, 15) is 4.79 Å². The molecule has 3 fully saturated rings. The zero-order chi connectivity index (χ0) is 20.7. The second kappa shape index (κ2) is 11.0. The van der Waals surface area contributed by atoms with Crippen LogP contribution in [0.5, 0.6) is 0 Å². The molecule has 168 valence electrons. The Kier molecular flexibility index (Phi) is 8.74. The van der Waals surface area contributed by atoms with Gasteiger partial charge in [0.25, 0.3) is 0 Å². The molecule has 3 heterocycles. The molecule has 0 aromatic carbocycles. The van der Waals surface area contributed by atoms with Crippen LogP contribution in [-0.4, -0.2) is 123 Å². The van der Waals surface area contributed by atoms with Crippen LogP contribution in [-0.2, 0) is 14.3 Å². The molecule has 3 aliphatic heterocycles. The van der Waals surface area contributed by atoms with E-state index in [0.717, 1.165) is 71.9 Å². The van der Waals surface area contributed by atoms with E-state index in [4.69, 9.17) is 9.47 Å². The number of ether oxygens (including phenoxy) is 2. The van der Waals surface area contributed by atoms with Gasteiger partial charge in [-0.3, -0.25) is 19.5 Å². The number of piperidine rings is 1. The van der Waals surface area contributed by atoms with Crippen LogP contribution in [0.2, 0.25) is 0 Å². The SMILES string of the molecule is CC(C)(C)N1CCN(CCN2CCC(C(=O)OCCN3CCOCC3)CC2)CC1. The van der Waals surface area contributed by atoms with Gasteiger partial charge in [-0.05, 0) is 46.7 Å². The zero-order valence-electron chi connectivity index (χ0n) is 18.9. The van der Waals surface area contributed by atoms with E-state index < -0.39 is 0 Å². The highest BCUT2D eigenvalue weighted by atomic mass is 16.5. The summed E-state index contributed by atoms with van der Waals surface area (Å²) < 4.78 is 10.9. The molecule has 0 atom stereocenters. The summed E-state index contributed by atoms with van der Waals surface area (Å²) in [6.07, 6.45) is 1.88. The van der Waals surface area contributed by atoms with Crippen molar-refractivity contribution in [2.75, 3.05) is 91.8 Å². The number of hydrogen-bond donors (Lipinski definition) is 0. The molecule has 3 saturated heterocycles. The van der Waals surface area contributed by atoms with Crippen molar-refractivity contribution in [3.05, 3.63) is 0 Å². The highest BCUT2D eigenvalue weighted by molar-refractivity contribution is 5.72. The van der Waals surface area contributed by atoms with Gasteiger partial charge in [0.15, 0.2) is 0 Å². The number of carbonyl (C=O) groups is 1. The van der Waals surface area contributed by atoms with Crippen molar-refractivity contribution >= 4 is 5.97 Å². The largest absolute Gasteiger partial charge is 0.464 e. The first kappa shape index (κ1) is 22.9. The molecule has 0 aromatic rings. The second-order valence-electron chi connectivity index (χ2n) is 9.74. The third kappa shape index (κ3) is 7.47. The van der Waals surface area contributed by atoms with Crippen molar-refractivity contribution in [1.29, 1.82) is 0 Å². The van der Waals surface area contributed by atoms with Crippen LogP contribution in [0, 0.1) is 5.92 Å². The minimum absolute atomic E-state index is 0.0104. The third-order valence-corrected chi connectivity index (χ3v) is 6.73. The molecule has 0 radical (unpaired) electrons. The van der Waals surface area contributed by atoms with Gasteiger partial charge < -0.3 is 14.4 Å². The molecule has 7 heteroatoms. The standard InChI is InChI=1S/C22H42N4O3/c1-22(2,3)26-12-10-24(11-13-26)9-8-23-6-4-20(5-7-23)21(27)29-19-16-25-14-17-28-18-15-25/h20H,4-19H2,1-3H3. The number of piperazine rings is 1. The number of rotatable bonds is 7. The molecule has 0 aromatic heterocycles. The molecular formula is C22H42N4O3. The van der Waals surface area contributed by atoms with Gasteiger partial charge in [-0.25, -0.2) is 0 Å². The molecule has 0 bridgehead atoms. The Hall–Kier alpha value is -0.730. The van der Waals surface area contributed by atoms with Crippen LogP contribution in [0.4, 0.5) is 0 Å². The molecular weight excluding hydrogens is 368 g/mol. The molecule has 0 saturated carbocycles. The maximum absolute atomic E-state index is 12.4. The summed E-state index contributed by atoms with van der Waals surface area (Å²) in [4.78, 5) is 22.4. The van der Waals surface area contributed by atoms with Gasteiger partial charge in [0, 0.05) is 64.4 Å². The fraction of sp³-hybridized carbons (Fsp3) is 0.955. The molecule has 0 aliphatic carbocycles. The lowest BCUT2D eigenvalue weighted by molar-refractivity contribution is -0.150. The topological polar surface area (TPSA) is 48.5 Å². The fourth-order valence-corrected chi connectivity index (χ4v) is 4.54. The lowest BCUT2D eigenvalue weighted by Gasteiger charge is -2.42. The summed E-state index contributed by atoms with van der Waals surface area (Å²) in [7, 11) is 0. The average molecular weight is 411 g/mol. The van der Waals surface area contributed by atoms with E-state index in [2.05, 4.69) is 40.4 Å². The monoisotopic (exact) mass is 410 g/mol. The minimum Gasteiger partial charge on any atom is -0.464 e. The van der Waals surface area contributed by atoms with Crippen molar-refractivity contribution in [2.24, 2.45) is 5.92 Å². The molecule has 3 aliphatic rings. The van der Waals surface area contributed by atoms with Gasteiger partial charge in [-0.1, -0.05) is 0 Å². The lowest BCUT2D eigenvalue weighted by Crippen LogP contribution is -2.54. The summed E-state index contributed by atoms with van der Waals surface area (Å²) in [6, 6.07) is 0. The number of morpholine rings is 1. The predicted octanol–water partition coefficient (Wildman–Crippen LogP) is 0.990. The number of carbonyl (C=O) groups excluding carboxylic acids is 1. The summed E-state index contributed by atoms with van der Waals surface area (Å²) in [6.45, 7) is 20.7. The molecule has 29 heavy (non-hydrogen) atoms. The van der Waals surface area contributed by atoms with Crippen molar-refractivity contribution in [1.82, 2.24) is 19.6 Å². The van der Waals surface area contributed by atoms with Gasteiger partial charge >= 0.3 is 5.97 Å². The van der Waals surface area contributed by atoms with Crippen LogP contribution in [0.25, 0.3) is 0 Å². The zero-order valence-corrected chi connectivity index (χ0v) is 18.9. The first-order chi connectivity index (χ1) is 13.9. The molecule has 0 N–H and O–H groups in total. The maximum Gasteiger partial charge on any atom is 0.309 e. The summed E-state index contributed by atoms with van der Waals surface area (Å²) in [5.41, 5.74) is 0.283. The van der Waals surface area contributed by atoms with Crippen molar-refractivity contribution in [2.45, 2.75) is 39.2 Å². The third-order valence-electron chi connectivity index (χ3n) is 6.73. The predicted molar refractivity (Wildman–Crippen MR) is 115 cm³/mol. The van der Waals surface area contributed by atoms with Crippen LogP contribution >= 0.6 is 0 Å². The second-order valence-corrected chi connectivity index (χ2v) is 9.74. The molecule has 3 rings (SSSR count). The van der Waals surface area contributed by atoms with E-state index in [1.165, 1.54) is 26.2 Å². The Labute approximate surface area is 177 Å². The Morgan fingerprint density at radius 2 is 1.38 bits per heavy atom. The van der Waals surface area contributed by atoms with E-state index in [-0.39, 0.29) is 17.4 Å². The minimum atomic E-state index is 0.0104. The van der Waals surface area contributed by atoms with Crippen LogP contribution in [0.15, 0.2) is 0 Å². The molecule has 0 spiro atoms. The Bertz CT molecular complexity index is 489. The van der Waals surface area contributed by atoms with Crippen molar-refractivity contribution < 1.29 is 14.3 Å². The van der Waals surface area contributed by atoms with Gasteiger partial charge in [0.1, 0.15) is 6.61 Å². The number of likely N-dealkylation sites (tertiary alicyclic amines) is 1. The Balaban J connectivity index is 1.25. The highest BCUT2D eigenvalue weighted by Gasteiger charge is 2.28. The first-order valence-corrected chi connectivity index (χ1v) is 11.6. The van der Waals surface area contributed by atoms with Crippen molar-refractivity contribution in [3.8, 4) is 0 Å². The van der Waals surface area contributed by atoms with Gasteiger partial charge in [0.05, 0.1) is 19.1 Å². The Morgan fingerprint density at radius 3 is 1.97 bits per heavy atom. The summed E-state index contributed by atoms with van der Waals surface area (Å²) in [5, 5.41) is 0. The van der Waals surface area contributed by atoms with Crippen LogP contribution < -0.4 is 0 Å². The highest BCUT2D eigenvalue weighted by Crippen LogP contribution is 2.19. The van der Waals surface area contributed by atoms with Gasteiger partial charge in [-0.15, -0.1) is 0 Å². The summed E-state index contributed by atoms with van der Waals surface area (Å²) >= 11 is 0. The Morgan fingerprint density at radius 1 is 0.828 bits per heavy atom. The quantitative estimate of drug-likeness (QED) is 0.580.